The highest BCUT2D eigenvalue weighted by molar-refractivity contribution is 7.15. The molecule has 0 amide bonds. The zero-order chi connectivity index (χ0) is 13.1. The summed E-state index contributed by atoms with van der Waals surface area (Å²) in [6.45, 7) is 1.86. The van der Waals surface area contributed by atoms with Gasteiger partial charge in [-0.15, -0.1) is 21.5 Å². The van der Waals surface area contributed by atoms with Crippen molar-refractivity contribution in [1.82, 2.24) is 15.0 Å². The van der Waals surface area contributed by atoms with Crippen molar-refractivity contribution in [1.29, 1.82) is 0 Å². The number of aryl methyl sites for hydroxylation is 1. The lowest BCUT2D eigenvalue weighted by molar-refractivity contribution is -0.757. The third-order valence-electron chi connectivity index (χ3n) is 2.30. The van der Waals surface area contributed by atoms with E-state index in [-0.39, 0.29) is 6.61 Å². The van der Waals surface area contributed by atoms with Crippen molar-refractivity contribution in [2.75, 3.05) is 12.3 Å². The Kier molecular flexibility index (Phi) is 3.42. The van der Waals surface area contributed by atoms with Gasteiger partial charge in [0.2, 0.25) is 0 Å². The van der Waals surface area contributed by atoms with Crippen molar-refractivity contribution in [3.8, 4) is 10.7 Å². The third-order valence-corrected chi connectivity index (χ3v) is 3.54. The van der Waals surface area contributed by atoms with Crippen LogP contribution < -0.4 is 5.73 Å². The summed E-state index contributed by atoms with van der Waals surface area (Å²) < 4.78 is 0. The van der Waals surface area contributed by atoms with Crippen LogP contribution in [0.15, 0.2) is 6.33 Å². The summed E-state index contributed by atoms with van der Waals surface area (Å²) in [5.74, 6) is 0.386. The minimum Gasteiger partial charge on any atom is -0.382 e. The van der Waals surface area contributed by atoms with E-state index in [2.05, 4.69) is 19.8 Å². The summed E-state index contributed by atoms with van der Waals surface area (Å²) in [6, 6.07) is 0. The average Bonchev–Trinajstić information content (AvgIpc) is 2.85. The van der Waals surface area contributed by atoms with Gasteiger partial charge in [0.05, 0.1) is 12.0 Å². The van der Waals surface area contributed by atoms with Gasteiger partial charge in [0.25, 0.3) is 5.09 Å². The third kappa shape index (κ3) is 2.56. The number of thiazole rings is 1. The van der Waals surface area contributed by atoms with Crippen LogP contribution in [0.3, 0.4) is 0 Å². The Morgan fingerprint density at radius 2 is 2.44 bits per heavy atom. The molecule has 2 heterocycles. The lowest BCUT2D eigenvalue weighted by Gasteiger charge is -1.96. The zero-order valence-corrected chi connectivity index (χ0v) is 10.4. The van der Waals surface area contributed by atoms with Crippen LogP contribution >= 0.6 is 11.3 Å². The number of aromatic nitrogens is 3. The van der Waals surface area contributed by atoms with E-state index in [1.807, 2.05) is 6.92 Å². The molecular weight excluding hydrogens is 258 g/mol. The Balaban J connectivity index is 2.12. The van der Waals surface area contributed by atoms with Crippen LogP contribution in [0.25, 0.3) is 10.7 Å². The van der Waals surface area contributed by atoms with E-state index >= 15 is 0 Å². The van der Waals surface area contributed by atoms with Crippen molar-refractivity contribution in [2.45, 2.75) is 13.3 Å². The van der Waals surface area contributed by atoms with E-state index in [1.54, 1.807) is 0 Å². The van der Waals surface area contributed by atoms with Crippen LogP contribution in [0.5, 0.6) is 0 Å². The van der Waals surface area contributed by atoms with Gasteiger partial charge in [-0.05, 0) is 6.92 Å². The number of nitrogens with one attached hydrogen (secondary N) is 1. The largest absolute Gasteiger partial charge is 0.382 e. The van der Waals surface area contributed by atoms with E-state index in [1.165, 1.54) is 17.7 Å². The first-order valence-corrected chi connectivity index (χ1v) is 5.92. The van der Waals surface area contributed by atoms with Gasteiger partial charge in [0, 0.05) is 11.3 Å². The first kappa shape index (κ1) is 12.3. The van der Waals surface area contributed by atoms with Crippen LogP contribution in [0.1, 0.15) is 10.6 Å². The van der Waals surface area contributed by atoms with Crippen LogP contribution in [0.2, 0.25) is 0 Å². The summed E-state index contributed by atoms with van der Waals surface area (Å²) in [7, 11) is 0. The summed E-state index contributed by atoms with van der Waals surface area (Å²) in [6.07, 6.45) is 1.94. The van der Waals surface area contributed by atoms with Crippen LogP contribution in [-0.2, 0) is 11.3 Å². The van der Waals surface area contributed by atoms with Crippen molar-refractivity contribution in [3.05, 3.63) is 27.0 Å². The van der Waals surface area contributed by atoms with E-state index < -0.39 is 5.09 Å². The van der Waals surface area contributed by atoms with Gasteiger partial charge < -0.3 is 15.6 Å². The Morgan fingerprint density at radius 1 is 1.67 bits per heavy atom. The molecule has 2 aromatic heterocycles. The number of hydrogen-bond donors (Lipinski definition) is 2. The van der Waals surface area contributed by atoms with E-state index in [9.17, 15) is 10.1 Å². The van der Waals surface area contributed by atoms with Crippen molar-refractivity contribution >= 4 is 17.2 Å². The van der Waals surface area contributed by atoms with Crippen LogP contribution in [0, 0.1) is 17.0 Å². The minimum absolute atomic E-state index is 0.0218. The molecule has 8 nitrogen and oxygen atoms in total. The number of nitrogens with zero attached hydrogens (tertiary/aromatic N) is 3. The first-order valence-electron chi connectivity index (χ1n) is 5.10. The maximum atomic E-state index is 10.1. The molecule has 0 aliphatic rings. The molecule has 96 valence electrons. The molecule has 2 rings (SSSR count). The van der Waals surface area contributed by atoms with Gasteiger partial charge in [-0.2, -0.15) is 0 Å². The van der Waals surface area contributed by atoms with E-state index in [4.69, 9.17) is 5.73 Å². The van der Waals surface area contributed by atoms with Gasteiger partial charge >= 0.3 is 0 Å². The number of imidazole rings is 1. The highest BCUT2D eigenvalue weighted by Gasteiger charge is 2.13. The second-order valence-corrected chi connectivity index (χ2v) is 4.58. The monoisotopic (exact) mass is 269 g/mol. The molecule has 0 aliphatic heterocycles. The number of hydrogen-bond acceptors (Lipinski definition) is 7. The first-order chi connectivity index (χ1) is 8.58. The van der Waals surface area contributed by atoms with E-state index in [0.717, 1.165) is 15.6 Å². The fourth-order valence-corrected chi connectivity index (χ4v) is 2.52. The maximum absolute atomic E-state index is 10.1. The number of aromatic amines is 1. The van der Waals surface area contributed by atoms with Crippen LogP contribution in [-0.4, -0.2) is 26.6 Å². The minimum atomic E-state index is -0.801. The number of anilines is 1. The number of nitrogens with two attached hydrogens (primary N) is 1. The molecule has 18 heavy (non-hydrogen) atoms. The molecule has 0 unspecified atom stereocenters. The molecular formula is C9H11N5O3S. The van der Waals surface area contributed by atoms with Gasteiger partial charge in [-0.3, -0.25) is 0 Å². The van der Waals surface area contributed by atoms with Crippen molar-refractivity contribution in [2.24, 2.45) is 0 Å². The average molecular weight is 269 g/mol. The molecule has 0 fully saturated rings. The number of nitrogen functional groups attached to an aromatic ring is 1. The molecule has 0 aromatic carbocycles. The van der Waals surface area contributed by atoms with E-state index in [0.29, 0.717) is 17.9 Å². The predicted molar refractivity (Wildman–Crippen MR) is 65.5 cm³/mol. The van der Waals surface area contributed by atoms with Crippen LogP contribution in [0.4, 0.5) is 5.82 Å². The molecule has 0 aliphatic carbocycles. The normalized spacial score (nSPS) is 10.5. The molecule has 2 aromatic rings. The summed E-state index contributed by atoms with van der Waals surface area (Å²) >= 11 is 1.42. The summed E-state index contributed by atoms with van der Waals surface area (Å²) in [5, 5.41) is 9.97. The second-order valence-electron chi connectivity index (χ2n) is 3.50. The van der Waals surface area contributed by atoms with Gasteiger partial charge in [-0.1, -0.05) is 0 Å². The highest BCUT2D eigenvalue weighted by Crippen LogP contribution is 2.29. The Labute approximate surface area is 106 Å². The fraction of sp³-hybridized carbons (Fsp3) is 0.333. The molecule has 0 bridgehead atoms. The smallest absolute Gasteiger partial charge is 0.294 e. The maximum Gasteiger partial charge on any atom is 0.294 e. The SMILES string of the molecule is Cc1nc(-c2[nH]cnc2N)sc1CCO[N+](=O)[O-]. The molecule has 0 spiro atoms. The standard InChI is InChI=1S/C9H11N5O3S/c1-5-6(2-3-17-14(15)16)18-9(13-5)7-8(10)12-4-11-7/h4H,2-3,10H2,1H3,(H,11,12). The Bertz CT molecular complexity index is 564. The Morgan fingerprint density at radius 3 is 3.06 bits per heavy atom. The number of rotatable bonds is 5. The highest BCUT2D eigenvalue weighted by atomic mass is 32.1. The van der Waals surface area contributed by atoms with Gasteiger partial charge in [-0.25, -0.2) is 9.97 Å². The lowest BCUT2D eigenvalue weighted by Crippen LogP contribution is -2.04. The zero-order valence-electron chi connectivity index (χ0n) is 9.54. The summed E-state index contributed by atoms with van der Waals surface area (Å²) in [4.78, 5) is 26.4. The molecule has 9 heteroatoms. The number of H-pyrrole nitrogens is 1. The molecule has 3 N–H and O–H groups in total. The lowest BCUT2D eigenvalue weighted by atomic mass is 10.3. The van der Waals surface area contributed by atoms with Crippen molar-refractivity contribution in [3.63, 3.8) is 0 Å². The van der Waals surface area contributed by atoms with Crippen molar-refractivity contribution < 1.29 is 9.92 Å². The Hall–Kier alpha value is -2.16. The quantitative estimate of drug-likeness (QED) is 0.621. The predicted octanol–water partition coefficient (Wildman–Crippen LogP) is 1.17. The summed E-state index contributed by atoms with van der Waals surface area (Å²) in [5.41, 5.74) is 7.17. The topological polar surface area (TPSA) is 120 Å². The molecule has 0 saturated carbocycles. The fourth-order valence-electron chi connectivity index (χ4n) is 1.46. The molecule has 0 saturated heterocycles. The molecule has 0 radical (unpaired) electrons. The molecule has 0 atom stereocenters. The van der Waals surface area contributed by atoms with Gasteiger partial charge in [0.1, 0.15) is 17.3 Å². The second kappa shape index (κ2) is 5.00. The van der Waals surface area contributed by atoms with Gasteiger partial charge in [0.15, 0.2) is 5.82 Å².